The standard InChI is InChI=1S/C86H70B2N6/c1-55-29-25-30-56(2)83(55)91-73-47-23-21-45-69(73)87-71-53-76-72(54-75(71)93(85-59(5)33-27-34-60(85)6)79-51-67(49-77(91)81(79)87)89(63-37-13-9-14-38-63)64-39-15-10-16-40-64)88-70-46-22-24-48-74(70)92(84-57(3)31-26-32-58(84)4)78-50-68(90(65-41-17-11-18-42-65)66-43-19-12-20-44-66)52-80(82(78)88)94(76)86-61(7)35-28-36-62(86)8/h9-54H,1-8H3. The Kier molecular flexibility index (Phi) is 13.5. The summed E-state index contributed by atoms with van der Waals surface area (Å²) in [4.78, 5) is 15.5. The molecule has 94 heavy (non-hydrogen) atoms. The number of aryl methyl sites for hydroxylation is 8. The predicted molar refractivity (Wildman–Crippen MR) is 402 cm³/mol. The lowest BCUT2D eigenvalue weighted by Gasteiger charge is -2.48. The first-order chi connectivity index (χ1) is 46.0. The van der Waals surface area contributed by atoms with Crippen molar-refractivity contribution in [3.8, 4) is 0 Å². The molecular weight excluding hydrogens is 1140 g/mol. The second-order valence-corrected chi connectivity index (χ2v) is 26.1. The highest BCUT2D eigenvalue weighted by atomic mass is 15.2. The summed E-state index contributed by atoms with van der Waals surface area (Å²) in [5.74, 6) is 0. The van der Waals surface area contributed by atoms with Crippen molar-refractivity contribution in [2.75, 3.05) is 29.4 Å². The summed E-state index contributed by atoms with van der Waals surface area (Å²) >= 11 is 0. The van der Waals surface area contributed by atoms with Gasteiger partial charge in [0.25, 0.3) is 13.4 Å². The Hall–Kier alpha value is -11.2. The molecule has 0 amide bonds. The highest BCUT2D eigenvalue weighted by Crippen LogP contribution is 2.54. The molecule has 0 aliphatic carbocycles. The molecule has 8 heteroatoms. The van der Waals surface area contributed by atoms with E-state index in [9.17, 15) is 0 Å². The zero-order valence-corrected chi connectivity index (χ0v) is 54.4. The van der Waals surface area contributed by atoms with Crippen LogP contribution in [0.2, 0.25) is 0 Å². The van der Waals surface area contributed by atoms with Crippen molar-refractivity contribution in [1.29, 1.82) is 0 Å². The zero-order chi connectivity index (χ0) is 63.6. The number of para-hydroxylation sites is 10. The normalized spacial score (nSPS) is 13.0. The third kappa shape index (κ3) is 8.73. The van der Waals surface area contributed by atoms with Crippen LogP contribution in [0.25, 0.3) is 0 Å². The van der Waals surface area contributed by atoms with Gasteiger partial charge in [0.15, 0.2) is 0 Å². The maximum Gasteiger partial charge on any atom is 0.252 e. The molecular formula is C86H70B2N6. The Bertz CT molecular complexity index is 4700. The van der Waals surface area contributed by atoms with Crippen molar-refractivity contribution in [1.82, 2.24) is 0 Å². The van der Waals surface area contributed by atoms with Gasteiger partial charge >= 0.3 is 0 Å². The average Bonchev–Trinajstić information content (AvgIpc) is 0.685. The molecule has 0 fully saturated rings. The van der Waals surface area contributed by atoms with Gasteiger partial charge in [0, 0.05) is 68.2 Å². The van der Waals surface area contributed by atoms with E-state index in [1.165, 1.54) is 123 Å². The Morgan fingerprint density at radius 2 is 0.436 bits per heavy atom. The number of hydrogen-bond donors (Lipinski definition) is 0. The first-order valence-corrected chi connectivity index (χ1v) is 33.0. The van der Waals surface area contributed by atoms with Crippen molar-refractivity contribution in [3.05, 3.63) is 324 Å². The Morgan fingerprint density at radius 1 is 0.202 bits per heavy atom. The molecule has 450 valence electrons. The average molecular weight is 1210 g/mol. The largest absolute Gasteiger partial charge is 0.311 e. The summed E-state index contributed by atoms with van der Waals surface area (Å²) < 4.78 is 0. The molecule has 0 spiro atoms. The minimum absolute atomic E-state index is 0.188. The predicted octanol–water partition coefficient (Wildman–Crippen LogP) is 19.3. The molecule has 0 N–H and O–H groups in total. The molecule has 4 heterocycles. The summed E-state index contributed by atoms with van der Waals surface area (Å²) in [5, 5.41) is 0. The fourth-order valence-corrected chi connectivity index (χ4v) is 16.4. The van der Waals surface area contributed by atoms with E-state index < -0.39 is 0 Å². The lowest BCUT2D eigenvalue weighted by atomic mass is 9.31. The van der Waals surface area contributed by atoms with Crippen LogP contribution >= 0.6 is 0 Å². The van der Waals surface area contributed by atoms with Crippen LogP contribution in [0.4, 0.5) is 102 Å². The van der Waals surface area contributed by atoms with Gasteiger partial charge in [-0.1, -0.05) is 182 Å². The molecule has 0 atom stereocenters. The van der Waals surface area contributed by atoms with Crippen LogP contribution in [0, 0.1) is 55.4 Å². The van der Waals surface area contributed by atoms with Crippen molar-refractivity contribution >= 4 is 149 Å². The molecule has 4 aliphatic heterocycles. The molecule has 0 saturated heterocycles. The van der Waals surface area contributed by atoms with Crippen LogP contribution in [-0.2, 0) is 0 Å². The summed E-state index contributed by atoms with van der Waals surface area (Å²) in [5.41, 5.74) is 37.9. The van der Waals surface area contributed by atoms with Gasteiger partial charge in [-0.3, -0.25) is 0 Å². The van der Waals surface area contributed by atoms with Crippen LogP contribution < -0.4 is 62.2 Å². The van der Waals surface area contributed by atoms with Crippen LogP contribution in [0.1, 0.15) is 44.5 Å². The second kappa shape index (κ2) is 22.3. The fraction of sp³-hybridized carbons (Fsp3) is 0.0930. The minimum Gasteiger partial charge on any atom is -0.311 e. The van der Waals surface area contributed by atoms with Crippen molar-refractivity contribution in [2.24, 2.45) is 0 Å². The lowest BCUT2D eigenvalue weighted by molar-refractivity contribution is 1.18. The Balaban J connectivity index is 1.03. The summed E-state index contributed by atoms with van der Waals surface area (Å²) in [6.07, 6.45) is 0. The zero-order valence-electron chi connectivity index (χ0n) is 54.4. The maximum atomic E-state index is 2.68. The number of benzene rings is 13. The van der Waals surface area contributed by atoms with E-state index in [0.29, 0.717) is 0 Å². The molecule has 0 unspecified atom stereocenters. The number of anilines is 18. The van der Waals surface area contributed by atoms with E-state index in [1.54, 1.807) is 0 Å². The highest BCUT2D eigenvalue weighted by Gasteiger charge is 2.50. The molecule has 0 saturated carbocycles. The van der Waals surface area contributed by atoms with E-state index in [2.05, 4.69) is 364 Å². The van der Waals surface area contributed by atoms with E-state index in [4.69, 9.17) is 0 Å². The van der Waals surface area contributed by atoms with Gasteiger partial charge in [-0.15, -0.1) is 0 Å². The molecule has 0 radical (unpaired) electrons. The van der Waals surface area contributed by atoms with E-state index in [0.717, 1.165) is 56.9 Å². The SMILES string of the molecule is Cc1cccc(C)c1N1c2ccccc2B2c3cc4c(cc3N(c3c(C)cccc3C)c3cc(N(c5ccccc5)c5ccccc5)cc1c32)B1c2ccccc2N(c2c(C)cccc2C)c2cc(N(c3ccccc3)c3ccccc3)cc(c21)N4c1c(C)cccc1C. The van der Waals surface area contributed by atoms with E-state index >= 15 is 0 Å². The summed E-state index contributed by atoms with van der Waals surface area (Å²) in [7, 11) is 0. The molecule has 4 aliphatic rings. The van der Waals surface area contributed by atoms with Gasteiger partial charge in [0.2, 0.25) is 0 Å². The highest BCUT2D eigenvalue weighted by molar-refractivity contribution is 7.02. The van der Waals surface area contributed by atoms with Crippen LogP contribution in [-0.4, -0.2) is 13.4 Å². The molecule has 17 rings (SSSR count). The monoisotopic (exact) mass is 1210 g/mol. The molecule has 13 aromatic carbocycles. The number of nitrogens with zero attached hydrogens (tertiary/aromatic N) is 6. The first kappa shape index (κ1) is 56.7. The van der Waals surface area contributed by atoms with Gasteiger partial charge in [-0.25, -0.2) is 0 Å². The topological polar surface area (TPSA) is 19.4 Å². The number of rotatable bonds is 10. The van der Waals surface area contributed by atoms with Gasteiger partial charge in [-0.05, 0) is 230 Å². The van der Waals surface area contributed by atoms with Crippen molar-refractivity contribution in [2.45, 2.75) is 55.4 Å². The second-order valence-electron chi connectivity index (χ2n) is 26.1. The fourth-order valence-electron chi connectivity index (χ4n) is 16.4. The molecule has 0 aromatic heterocycles. The van der Waals surface area contributed by atoms with Crippen molar-refractivity contribution in [3.63, 3.8) is 0 Å². The smallest absolute Gasteiger partial charge is 0.252 e. The first-order valence-electron chi connectivity index (χ1n) is 33.0. The quantitative estimate of drug-likeness (QED) is 0.126. The molecule has 13 aromatic rings. The van der Waals surface area contributed by atoms with Crippen LogP contribution in [0.5, 0.6) is 0 Å². The maximum absolute atomic E-state index is 2.68. The molecule has 6 nitrogen and oxygen atoms in total. The molecule has 0 bridgehead atoms. The van der Waals surface area contributed by atoms with Crippen LogP contribution in [0.15, 0.2) is 279 Å². The van der Waals surface area contributed by atoms with E-state index in [-0.39, 0.29) is 13.4 Å². The third-order valence-corrected chi connectivity index (χ3v) is 20.3. The number of fused-ring (bicyclic) bond motifs is 8. The van der Waals surface area contributed by atoms with E-state index in [1.807, 2.05) is 0 Å². The summed E-state index contributed by atoms with van der Waals surface area (Å²) in [6, 6.07) is 105. The lowest BCUT2D eigenvalue weighted by Crippen LogP contribution is -2.64. The van der Waals surface area contributed by atoms with Gasteiger partial charge in [0.1, 0.15) is 0 Å². The van der Waals surface area contributed by atoms with Crippen molar-refractivity contribution < 1.29 is 0 Å². The third-order valence-electron chi connectivity index (χ3n) is 20.3. The van der Waals surface area contributed by atoms with Gasteiger partial charge in [0.05, 0.1) is 34.1 Å². The number of hydrogen-bond acceptors (Lipinski definition) is 6. The van der Waals surface area contributed by atoms with Gasteiger partial charge < -0.3 is 29.4 Å². The minimum atomic E-state index is -0.188. The Morgan fingerprint density at radius 3 is 0.702 bits per heavy atom. The Labute approximate surface area is 553 Å². The van der Waals surface area contributed by atoms with Crippen LogP contribution in [0.3, 0.4) is 0 Å². The summed E-state index contributed by atoms with van der Waals surface area (Å²) in [6.45, 7) is 17.9. The van der Waals surface area contributed by atoms with Gasteiger partial charge in [-0.2, -0.15) is 0 Å².